The molecular weight excluding hydrogens is 402 g/mol. The van der Waals surface area contributed by atoms with E-state index in [4.69, 9.17) is 9.47 Å². The number of carbonyl (C=O) groups is 1. The van der Waals surface area contributed by atoms with Crippen molar-refractivity contribution in [1.29, 1.82) is 0 Å². The standard InChI is InChI=1S/C26H33N3O3/c1-17(2)29-22-12-18(3)20(13-21(22)19(4)14-26(29,5)6)15-27-28-25(30)16-32-24-11-9-8-10-23(24)31-7/h8-15,17H,16H2,1-7H3,(H,28,30)/b27-15+. The van der Waals surface area contributed by atoms with Crippen molar-refractivity contribution in [3.05, 3.63) is 59.2 Å². The molecule has 0 aliphatic carbocycles. The number of rotatable bonds is 7. The van der Waals surface area contributed by atoms with Crippen LogP contribution >= 0.6 is 0 Å². The van der Waals surface area contributed by atoms with E-state index in [2.05, 4.69) is 75.2 Å². The molecule has 1 aliphatic rings. The van der Waals surface area contributed by atoms with Crippen molar-refractivity contribution in [2.24, 2.45) is 5.10 Å². The molecule has 2 aromatic carbocycles. The smallest absolute Gasteiger partial charge is 0.277 e. The Labute approximate surface area is 190 Å². The molecule has 0 saturated heterocycles. The van der Waals surface area contributed by atoms with E-state index in [1.807, 2.05) is 12.1 Å². The summed E-state index contributed by atoms with van der Waals surface area (Å²) >= 11 is 0. The zero-order chi connectivity index (χ0) is 23.5. The maximum absolute atomic E-state index is 12.2. The van der Waals surface area contributed by atoms with Crippen LogP contribution in [0, 0.1) is 6.92 Å². The molecule has 2 aromatic rings. The summed E-state index contributed by atoms with van der Waals surface area (Å²) in [6.45, 7) is 13.0. The molecule has 0 unspecified atom stereocenters. The van der Waals surface area contributed by atoms with Crippen LogP contribution < -0.4 is 19.8 Å². The van der Waals surface area contributed by atoms with Crippen molar-refractivity contribution in [2.75, 3.05) is 18.6 Å². The van der Waals surface area contributed by atoms with Crippen molar-refractivity contribution < 1.29 is 14.3 Å². The predicted molar refractivity (Wildman–Crippen MR) is 131 cm³/mol. The number of carbonyl (C=O) groups excluding carboxylic acids is 1. The Kier molecular flexibility index (Phi) is 6.92. The number of ether oxygens (including phenoxy) is 2. The summed E-state index contributed by atoms with van der Waals surface area (Å²) in [5, 5.41) is 4.15. The molecule has 1 heterocycles. The molecular formula is C26H33N3O3. The van der Waals surface area contributed by atoms with Crippen LogP contribution in [0.4, 0.5) is 5.69 Å². The fourth-order valence-electron chi connectivity index (χ4n) is 4.38. The molecule has 1 amide bonds. The third-order valence-corrected chi connectivity index (χ3v) is 5.60. The number of allylic oxidation sites excluding steroid dienone is 1. The van der Waals surface area contributed by atoms with Crippen LogP contribution in [0.1, 0.15) is 51.3 Å². The quantitative estimate of drug-likeness (QED) is 0.494. The number of para-hydroxylation sites is 2. The lowest BCUT2D eigenvalue weighted by molar-refractivity contribution is -0.123. The van der Waals surface area contributed by atoms with Gasteiger partial charge in [-0.2, -0.15) is 5.10 Å². The van der Waals surface area contributed by atoms with Crippen LogP contribution in [0.15, 0.2) is 47.6 Å². The average Bonchev–Trinajstić information content (AvgIpc) is 2.72. The van der Waals surface area contributed by atoms with E-state index in [9.17, 15) is 4.79 Å². The van der Waals surface area contributed by atoms with Gasteiger partial charge in [-0.05, 0) is 82.5 Å². The molecule has 0 atom stereocenters. The van der Waals surface area contributed by atoms with Crippen molar-refractivity contribution in [1.82, 2.24) is 5.43 Å². The van der Waals surface area contributed by atoms with Crippen LogP contribution in [0.3, 0.4) is 0 Å². The molecule has 0 saturated carbocycles. The van der Waals surface area contributed by atoms with Gasteiger partial charge in [0.25, 0.3) is 5.91 Å². The van der Waals surface area contributed by atoms with Gasteiger partial charge in [-0.15, -0.1) is 0 Å². The third-order valence-electron chi connectivity index (χ3n) is 5.60. The molecule has 0 spiro atoms. The highest BCUT2D eigenvalue weighted by atomic mass is 16.5. The second kappa shape index (κ2) is 9.47. The van der Waals surface area contributed by atoms with Crippen molar-refractivity contribution in [3.63, 3.8) is 0 Å². The summed E-state index contributed by atoms with van der Waals surface area (Å²) in [6.07, 6.45) is 3.99. The van der Waals surface area contributed by atoms with Gasteiger partial charge in [0.2, 0.25) is 0 Å². The maximum Gasteiger partial charge on any atom is 0.277 e. The Morgan fingerprint density at radius 2 is 1.88 bits per heavy atom. The molecule has 6 heteroatoms. The lowest BCUT2D eigenvalue weighted by atomic mass is 9.86. The Morgan fingerprint density at radius 1 is 1.19 bits per heavy atom. The van der Waals surface area contributed by atoms with E-state index >= 15 is 0 Å². The Hall–Kier alpha value is -3.28. The molecule has 1 aliphatic heterocycles. The monoisotopic (exact) mass is 435 g/mol. The maximum atomic E-state index is 12.2. The third kappa shape index (κ3) is 4.96. The van der Waals surface area contributed by atoms with Gasteiger partial charge in [-0.1, -0.05) is 18.2 Å². The largest absolute Gasteiger partial charge is 0.493 e. The van der Waals surface area contributed by atoms with Gasteiger partial charge in [0.05, 0.1) is 18.9 Å². The van der Waals surface area contributed by atoms with Gasteiger partial charge in [0, 0.05) is 17.3 Å². The van der Waals surface area contributed by atoms with Gasteiger partial charge in [0.1, 0.15) is 0 Å². The number of fused-ring (bicyclic) bond motifs is 1. The minimum Gasteiger partial charge on any atom is -0.493 e. The first-order valence-corrected chi connectivity index (χ1v) is 10.9. The number of methoxy groups -OCH3 is 1. The number of hydrazone groups is 1. The van der Waals surface area contributed by atoms with Crippen molar-refractivity contribution in [3.8, 4) is 11.5 Å². The number of nitrogens with one attached hydrogen (secondary N) is 1. The first kappa shape index (κ1) is 23.4. The highest BCUT2D eigenvalue weighted by Crippen LogP contribution is 2.41. The molecule has 0 radical (unpaired) electrons. The van der Waals surface area contributed by atoms with Crippen LogP contribution in [-0.2, 0) is 4.79 Å². The molecule has 1 N–H and O–H groups in total. The SMILES string of the molecule is COc1ccccc1OCC(=O)N/N=C/c1cc2c(cc1C)N(C(C)C)C(C)(C)C=C2C. The normalized spacial score (nSPS) is 14.9. The van der Waals surface area contributed by atoms with Gasteiger partial charge >= 0.3 is 0 Å². The summed E-state index contributed by atoms with van der Waals surface area (Å²) in [5.74, 6) is 0.752. The molecule has 3 rings (SSSR count). The van der Waals surface area contributed by atoms with Gasteiger partial charge in [-0.25, -0.2) is 5.43 Å². The Balaban J connectivity index is 1.72. The fraction of sp³-hybridized carbons (Fsp3) is 0.385. The summed E-state index contributed by atoms with van der Waals surface area (Å²) in [6, 6.07) is 11.9. The van der Waals surface area contributed by atoms with E-state index in [1.54, 1.807) is 25.5 Å². The predicted octanol–water partition coefficient (Wildman–Crippen LogP) is 4.94. The van der Waals surface area contributed by atoms with E-state index in [0.717, 1.165) is 11.1 Å². The Morgan fingerprint density at radius 3 is 2.53 bits per heavy atom. The van der Waals surface area contributed by atoms with Crippen LogP contribution in [0.5, 0.6) is 11.5 Å². The van der Waals surface area contributed by atoms with Crippen LogP contribution in [-0.4, -0.2) is 37.4 Å². The van der Waals surface area contributed by atoms with E-state index in [1.165, 1.54) is 16.8 Å². The van der Waals surface area contributed by atoms with Crippen LogP contribution in [0.25, 0.3) is 5.57 Å². The highest BCUT2D eigenvalue weighted by molar-refractivity contribution is 5.90. The molecule has 170 valence electrons. The molecule has 32 heavy (non-hydrogen) atoms. The lowest BCUT2D eigenvalue weighted by Crippen LogP contribution is -2.49. The summed E-state index contributed by atoms with van der Waals surface area (Å²) < 4.78 is 10.8. The van der Waals surface area contributed by atoms with Crippen LogP contribution in [0.2, 0.25) is 0 Å². The zero-order valence-corrected chi connectivity index (χ0v) is 20.0. The number of hydrogen-bond donors (Lipinski definition) is 1. The zero-order valence-electron chi connectivity index (χ0n) is 20.0. The van der Waals surface area contributed by atoms with Crippen molar-refractivity contribution in [2.45, 2.75) is 53.1 Å². The second-order valence-corrected chi connectivity index (χ2v) is 8.90. The second-order valence-electron chi connectivity index (χ2n) is 8.90. The molecule has 6 nitrogen and oxygen atoms in total. The number of hydrogen-bond acceptors (Lipinski definition) is 5. The lowest BCUT2D eigenvalue weighted by Gasteiger charge is -2.46. The summed E-state index contributed by atoms with van der Waals surface area (Å²) in [4.78, 5) is 14.6. The van der Waals surface area contributed by atoms with E-state index in [0.29, 0.717) is 17.5 Å². The number of aryl methyl sites for hydroxylation is 1. The fourth-order valence-corrected chi connectivity index (χ4v) is 4.38. The topological polar surface area (TPSA) is 63.2 Å². The molecule has 0 fully saturated rings. The number of benzene rings is 2. The number of nitrogens with zero attached hydrogens (tertiary/aromatic N) is 2. The molecule has 0 aromatic heterocycles. The van der Waals surface area contributed by atoms with Gasteiger partial charge in [-0.3, -0.25) is 4.79 Å². The van der Waals surface area contributed by atoms with E-state index in [-0.39, 0.29) is 18.1 Å². The van der Waals surface area contributed by atoms with E-state index < -0.39 is 0 Å². The Bertz CT molecular complexity index is 1050. The van der Waals surface area contributed by atoms with Crippen molar-refractivity contribution >= 4 is 23.4 Å². The summed E-state index contributed by atoms with van der Waals surface area (Å²) in [5.41, 5.74) is 8.21. The first-order chi connectivity index (χ1) is 15.1. The van der Waals surface area contributed by atoms with Gasteiger partial charge < -0.3 is 14.4 Å². The number of amides is 1. The minimum atomic E-state index is -0.341. The summed E-state index contributed by atoms with van der Waals surface area (Å²) in [7, 11) is 1.56. The van der Waals surface area contributed by atoms with Gasteiger partial charge in [0.15, 0.2) is 18.1 Å². The number of anilines is 1. The molecule has 0 bridgehead atoms. The minimum absolute atomic E-state index is 0.0529. The first-order valence-electron chi connectivity index (χ1n) is 10.9. The highest BCUT2D eigenvalue weighted by Gasteiger charge is 2.33. The average molecular weight is 436 g/mol.